The number of aliphatic hydroxyl groups excluding tert-OH is 1. The number of aromatic nitrogens is 1. The number of sulfonamides is 1. The summed E-state index contributed by atoms with van der Waals surface area (Å²) in [6.07, 6.45) is 0.497. The van der Waals surface area contributed by atoms with Gasteiger partial charge in [-0.1, -0.05) is 60.7 Å². The van der Waals surface area contributed by atoms with Gasteiger partial charge in [-0.05, 0) is 35.4 Å². The quantitative estimate of drug-likeness (QED) is 0.409. The van der Waals surface area contributed by atoms with Gasteiger partial charge < -0.3 is 10.8 Å². The number of pyridine rings is 1. The van der Waals surface area contributed by atoms with Gasteiger partial charge in [0.15, 0.2) is 0 Å². The molecule has 0 fully saturated rings. The molecule has 1 aromatic heterocycles. The van der Waals surface area contributed by atoms with Gasteiger partial charge in [0.05, 0.1) is 11.0 Å². The lowest BCUT2D eigenvalue weighted by Crippen LogP contribution is -2.31. The molecule has 1 heterocycles. The maximum absolute atomic E-state index is 15.0. The van der Waals surface area contributed by atoms with E-state index in [0.29, 0.717) is 33.6 Å². The van der Waals surface area contributed by atoms with E-state index < -0.39 is 21.9 Å². The van der Waals surface area contributed by atoms with Crippen molar-refractivity contribution in [1.82, 2.24) is 9.29 Å². The second-order valence-corrected chi connectivity index (χ2v) is 9.89. The van der Waals surface area contributed by atoms with Crippen molar-refractivity contribution < 1.29 is 17.9 Å². The smallest absolute Gasteiger partial charge is 0.243 e. The maximum atomic E-state index is 15.0. The molecular weight excluding hydrogens is 453 g/mol. The summed E-state index contributed by atoms with van der Waals surface area (Å²) in [5.74, 6) is -0.175. The van der Waals surface area contributed by atoms with Gasteiger partial charge in [0.25, 0.3) is 0 Å². The van der Waals surface area contributed by atoms with Crippen LogP contribution in [-0.4, -0.2) is 36.4 Å². The maximum Gasteiger partial charge on any atom is 0.243 e. The average Bonchev–Trinajstić information content (AvgIpc) is 2.85. The number of nitrogens with two attached hydrogens (primary N) is 1. The summed E-state index contributed by atoms with van der Waals surface area (Å²) in [5, 5.41) is 10.5. The van der Waals surface area contributed by atoms with Crippen LogP contribution in [0.4, 0.5) is 10.2 Å². The minimum absolute atomic E-state index is 0.0269. The summed E-state index contributed by atoms with van der Waals surface area (Å²) < 4.78 is 42.9. The first-order valence-electron chi connectivity index (χ1n) is 10.6. The average molecular weight is 478 g/mol. The Labute approximate surface area is 198 Å². The lowest BCUT2D eigenvalue weighted by Gasteiger charge is -2.22. The predicted molar refractivity (Wildman–Crippen MR) is 131 cm³/mol. The molecule has 4 rings (SSSR count). The van der Waals surface area contributed by atoms with Gasteiger partial charge in [-0.25, -0.2) is 17.8 Å². The molecule has 1 atom stereocenters. The molecule has 8 heteroatoms. The molecule has 174 valence electrons. The van der Waals surface area contributed by atoms with Crippen LogP contribution in [0.3, 0.4) is 0 Å². The molecule has 0 saturated carbocycles. The van der Waals surface area contributed by atoms with Gasteiger partial charge in [0, 0.05) is 36.5 Å². The SMILES string of the molecule is CN(C[C@@H](O)c1ccccc1)S(=O)(=O)c1ccccc1-c1ccc(-c2ccc(N)nc2)c(F)c1. The topological polar surface area (TPSA) is 96.5 Å². The molecule has 0 aliphatic rings. The van der Waals surface area contributed by atoms with E-state index in [4.69, 9.17) is 5.73 Å². The summed E-state index contributed by atoms with van der Waals surface area (Å²) in [5.41, 5.74) is 7.90. The number of likely N-dealkylation sites (N-methyl/N-ethyl adjacent to an activating group) is 1. The largest absolute Gasteiger partial charge is 0.387 e. The third kappa shape index (κ3) is 4.84. The van der Waals surface area contributed by atoms with Gasteiger partial charge in [0.2, 0.25) is 10.0 Å². The second-order valence-electron chi connectivity index (χ2n) is 7.87. The van der Waals surface area contributed by atoms with Crippen molar-refractivity contribution in [1.29, 1.82) is 0 Å². The molecule has 6 nitrogen and oxygen atoms in total. The molecule has 4 aromatic rings. The van der Waals surface area contributed by atoms with E-state index in [9.17, 15) is 13.5 Å². The van der Waals surface area contributed by atoms with Gasteiger partial charge >= 0.3 is 0 Å². The van der Waals surface area contributed by atoms with Crippen LogP contribution in [0.5, 0.6) is 0 Å². The summed E-state index contributed by atoms with van der Waals surface area (Å²) in [4.78, 5) is 4.02. The fourth-order valence-corrected chi connectivity index (χ4v) is 5.09. The highest BCUT2D eigenvalue weighted by Crippen LogP contribution is 2.33. The first-order chi connectivity index (χ1) is 16.3. The van der Waals surface area contributed by atoms with Crippen LogP contribution in [-0.2, 0) is 10.0 Å². The zero-order valence-corrected chi connectivity index (χ0v) is 19.3. The fourth-order valence-electron chi connectivity index (χ4n) is 3.70. The molecule has 0 bridgehead atoms. The first-order valence-corrected chi connectivity index (χ1v) is 12.0. The minimum Gasteiger partial charge on any atom is -0.387 e. The highest BCUT2D eigenvalue weighted by Gasteiger charge is 2.26. The van der Waals surface area contributed by atoms with Crippen molar-refractivity contribution in [3.63, 3.8) is 0 Å². The molecule has 34 heavy (non-hydrogen) atoms. The lowest BCUT2D eigenvalue weighted by atomic mass is 10.0. The third-order valence-electron chi connectivity index (χ3n) is 5.57. The van der Waals surface area contributed by atoms with E-state index in [-0.39, 0.29) is 11.4 Å². The zero-order valence-electron chi connectivity index (χ0n) is 18.5. The highest BCUT2D eigenvalue weighted by atomic mass is 32.2. The van der Waals surface area contributed by atoms with Gasteiger partial charge in [-0.15, -0.1) is 0 Å². The molecule has 0 unspecified atom stereocenters. The zero-order chi connectivity index (χ0) is 24.3. The van der Waals surface area contributed by atoms with Crippen molar-refractivity contribution in [2.75, 3.05) is 19.3 Å². The number of aliphatic hydroxyl groups is 1. The number of hydrogen-bond donors (Lipinski definition) is 2. The molecular formula is C26H24FN3O3S. The Bertz CT molecular complexity index is 1390. The standard InChI is InChI=1S/C26H24FN3O3S/c1-30(17-24(31)18-7-3-2-4-8-18)34(32,33)25-10-6-5-9-22(25)19-11-13-21(23(27)15-19)20-12-14-26(28)29-16-20/h2-16,24,31H,17H2,1H3,(H2,28,29)/t24-/m1/s1. The number of anilines is 1. The Morgan fingerprint density at radius 1 is 0.941 bits per heavy atom. The molecule has 3 N–H and O–H groups in total. The van der Waals surface area contributed by atoms with Gasteiger partial charge in [-0.3, -0.25) is 0 Å². The fraction of sp³-hybridized carbons (Fsp3) is 0.115. The lowest BCUT2D eigenvalue weighted by molar-refractivity contribution is 0.155. The second kappa shape index (κ2) is 9.72. The number of halogens is 1. The summed E-state index contributed by atoms with van der Waals surface area (Å²) in [6.45, 7) is -0.127. The van der Waals surface area contributed by atoms with Gasteiger partial charge in [0.1, 0.15) is 11.6 Å². The van der Waals surface area contributed by atoms with E-state index in [1.807, 2.05) is 6.07 Å². The molecule has 0 saturated heterocycles. The molecule has 0 aliphatic heterocycles. The van der Waals surface area contributed by atoms with Gasteiger partial charge in [-0.2, -0.15) is 4.31 Å². The summed E-state index contributed by atoms with van der Waals surface area (Å²) >= 11 is 0. The normalized spacial score (nSPS) is 12.6. The number of hydrogen-bond acceptors (Lipinski definition) is 5. The van der Waals surface area contributed by atoms with E-state index in [2.05, 4.69) is 4.98 Å². The number of rotatable bonds is 7. The van der Waals surface area contributed by atoms with Crippen molar-refractivity contribution in [3.8, 4) is 22.3 Å². The number of nitrogens with zero attached hydrogens (tertiary/aromatic N) is 2. The Morgan fingerprint density at radius 2 is 1.62 bits per heavy atom. The van der Waals surface area contributed by atoms with Crippen LogP contribution in [0.25, 0.3) is 22.3 Å². The predicted octanol–water partition coefficient (Wildman–Crippen LogP) is 4.49. The van der Waals surface area contributed by atoms with Crippen molar-refractivity contribution >= 4 is 15.8 Å². The minimum atomic E-state index is -3.97. The molecule has 3 aromatic carbocycles. The Morgan fingerprint density at radius 3 is 2.29 bits per heavy atom. The van der Waals surface area contributed by atoms with E-state index in [1.54, 1.807) is 66.7 Å². The van der Waals surface area contributed by atoms with Crippen molar-refractivity contribution in [2.24, 2.45) is 0 Å². The van der Waals surface area contributed by atoms with E-state index >= 15 is 4.39 Å². The number of nitrogen functional groups attached to an aromatic ring is 1. The Hall–Kier alpha value is -3.59. The Kier molecular flexibility index (Phi) is 6.74. The molecule has 0 aliphatic carbocycles. The van der Waals surface area contributed by atoms with E-state index in [1.165, 1.54) is 25.4 Å². The van der Waals surface area contributed by atoms with Crippen LogP contribution >= 0.6 is 0 Å². The molecule has 0 radical (unpaired) electrons. The molecule has 0 amide bonds. The Balaban J connectivity index is 1.66. The third-order valence-corrected chi connectivity index (χ3v) is 7.45. The number of benzene rings is 3. The molecule has 0 spiro atoms. The monoisotopic (exact) mass is 477 g/mol. The van der Waals surface area contributed by atoms with Crippen molar-refractivity contribution in [2.45, 2.75) is 11.0 Å². The van der Waals surface area contributed by atoms with E-state index in [0.717, 1.165) is 4.31 Å². The highest BCUT2D eigenvalue weighted by molar-refractivity contribution is 7.89. The summed E-state index contributed by atoms with van der Waals surface area (Å²) in [6, 6.07) is 23.1. The van der Waals surface area contributed by atoms with Crippen LogP contribution in [0.15, 0.2) is 96.0 Å². The van der Waals surface area contributed by atoms with Crippen LogP contribution < -0.4 is 5.73 Å². The first kappa shape index (κ1) is 23.6. The van der Waals surface area contributed by atoms with Crippen LogP contribution in [0, 0.1) is 5.82 Å². The van der Waals surface area contributed by atoms with Crippen LogP contribution in [0.1, 0.15) is 11.7 Å². The van der Waals surface area contributed by atoms with Crippen LogP contribution in [0.2, 0.25) is 0 Å². The van der Waals surface area contributed by atoms with Crippen molar-refractivity contribution in [3.05, 3.63) is 103 Å². The summed E-state index contributed by atoms with van der Waals surface area (Å²) in [7, 11) is -2.56.